The normalized spacial score (nSPS) is 19.4. The standard InChI is InChI=1S/C19H23N3O5/c1-12(23)15-4-5-17-16(10-15)22(19(26)13(2)27-17)11-18(25)21-8-6-20(7-9-21)14(3)24/h4-5,10,13H,6-9,11H2,1-3H3. The Morgan fingerprint density at radius 2 is 1.70 bits per heavy atom. The molecule has 2 aliphatic rings. The summed E-state index contributed by atoms with van der Waals surface area (Å²) >= 11 is 0. The van der Waals surface area contributed by atoms with Gasteiger partial charge in [0, 0.05) is 38.7 Å². The van der Waals surface area contributed by atoms with Crippen molar-refractivity contribution in [3.05, 3.63) is 23.8 Å². The molecule has 2 aliphatic heterocycles. The van der Waals surface area contributed by atoms with E-state index in [-0.39, 0.29) is 30.0 Å². The lowest BCUT2D eigenvalue weighted by molar-refractivity contribution is -0.138. The predicted octanol–water partition coefficient (Wildman–Crippen LogP) is 0.694. The monoisotopic (exact) mass is 373 g/mol. The first kappa shape index (κ1) is 18.9. The van der Waals surface area contributed by atoms with E-state index in [1.165, 1.54) is 18.7 Å². The van der Waals surface area contributed by atoms with E-state index < -0.39 is 6.10 Å². The van der Waals surface area contributed by atoms with Crippen molar-refractivity contribution in [3.8, 4) is 5.75 Å². The second kappa shape index (κ2) is 7.38. The molecule has 2 heterocycles. The van der Waals surface area contributed by atoms with Gasteiger partial charge in [-0.05, 0) is 32.0 Å². The first-order valence-corrected chi connectivity index (χ1v) is 8.94. The Hall–Kier alpha value is -2.90. The van der Waals surface area contributed by atoms with Crippen molar-refractivity contribution < 1.29 is 23.9 Å². The third-order valence-electron chi connectivity index (χ3n) is 4.94. The summed E-state index contributed by atoms with van der Waals surface area (Å²) < 4.78 is 5.60. The van der Waals surface area contributed by atoms with Crippen molar-refractivity contribution in [3.63, 3.8) is 0 Å². The second-order valence-electron chi connectivity index (χ2n) is 6.81. The van der Waals surface area contributed by atoms with Gasteiger partial charge in [-0.25, -0.2) is 0 Å². The fraction of sp³-hybridized carbons (Fsp3) is 0.474. The molecule has 8 nitrogen and oxygen atoms in total. The summed E-state index contributed by atoms with van der Waals surface area (Å²) in [6.45, 7) is 6.31. The fourth-order valence-electron chi connectivity index (χ4n) is 3.30. The first-order valence-electron chi connectivity index (χ1n) is 8.94. The van der Waals surface area contributed by atoms with Gasteiger partial charge in [-0.3, -0.25) is 24.1 Å². The molecule has 0 N–H and O–H groups in total. The molecule has 1 aromatic carbocycles. The van der Waals surface area contributed by atoms with E-state index in [9.17, 15) is 19.2 Å². The van der Waals surface area contributed by atoms with Gasteiger partial charge in [-0.2, -0.15) is 0 Å². The molecule has 3 amide bonds. The zero-order chi connectivity index (χ0) is 19.7. The Morgan fingerprint density at radius 3 is 2.30 bits per heavy atom. The first-order chi connectivity index (χ1) is 12.8. The van der Waals surface area contributed by atoms with Crippen molar-refractivity contribution in [1.29, 1.82) is 0 Å². The van der Waals surface area contributed by atoms with Crippen molar-refractivity contribution >= 4 is 29.2 Å². The minimum absolute atomic E-state index is 0.00929. The van der Waals surface area contributed by atoms with Gasteiger partial charge >= 0.3 is 0 Å². The SMILES string of the molecule is CC(=O)c1ccc2c(c1)N(CC(=O)N1CCN(C(C)=O)CC1)C(=O)C(C)O2. The molecule has 1 unspecified atom stereocenters. The van der Waals surface area contributed by atoms with Crippen LogP contribution in [0.25, 0.3) is 0 Å². The average Bonchev–Trinajstić information content (AvgIpc) is 2.64. The molecule has 0 saturated carbocycles. The van der Waals surface area contributed by atoms with E-state index in [1.807, 2.05) is 0 Å². The number of ketones is 1. The van der Waals surface area contributed by atoms with Crippen molar-refractivity contribution in [2.24, 2.45) is 0 Å². The van der Waals surface area contributed by atoms with Gasteiger partial charge in [-0.1, -0.05) is 0 Å². The molecule has 0 bridgehead atoms. The van der Waals surface area contributed by atoms with E-state index >= 15 is 0 Å². The Labute approximate surface area is 157 Å². The van der Waals surface area contributed by atoms with E-state index in [0.29, 0.717) is 43.2 Å². The summed E-state index contributed by atoms with van der Waals surface area (Å²) in [5.41, 5.74) is 0.883. The van der Waals surface area contributed by atoms with Gasteiger partial charge in [-0.15, -0.1) is 0 Å². The molecule has 1 fully saturated rings. The van der Waals surface area contributed by atoms with Crippen LogP contribution >= 0.6 is 0 Å². The average molecular weight is 373 g/mol. The molecule has 27 heavy (non-hydrogen) atoms. The number of piperazine rings is 1. The molecule has 1 atom stereocenters. The van der Waals surface area contributed by atoms with E-state index in [4.69, 9.17) is 4.74 Å². The van der Waals surface area contributed by atoms with Gasteiger partial charge in [0.15, 0.2) is 11.9 Å². The smallest absolute Gasteiger partial charge is 0.268 e. The number of carbonyl (C=O) groups is 4. The number of benzene rings is 1. The second-order valence-corrected chi connectivity index (χ2v) is 6.81. The zero-order valence-electron chi connectivity index (χ0n) is 15.7. The quantitative estimate of drug-likeness (QED) is 0.728. The number of carbonyl (C=O) groups excluding carboxylic acids is 4. The maximum Gasteiger partial charge on any atom is 0.268 e. The Morgan fingerprint density at radius 1 is 1.07 bits per heavy atom. The maximum absolute atomic E-state index is 12.7. The minimum Gasteiger partial charge on any atom is -0.479 e. The number of ether oxygens (including phenoxy) is 1. The number of fused-ring (bicyclic) bond motifs is 1. The zero-order valence-corrected chi connectivity index (χ0v) is 15.7. The summed E-state index contributed by atoms with van der Waals surface area (Å²) in [7, 11) is 0. The van der Waals surface area contributed by atoms with Gasteiger partial charge in [0.25, 0.3) is 5.91 Å². The number of hydrogen-bond acceptors (Lipinski definition) is 5. The number of rotatable bonds is 3. The lowest BCUT2D eigenvalue weighted by atomic mass is 10.1. The highest BCUT2D eigenvalue weighted by Gasteiger charge is 2.34. The predicted molar refractivity (Wildman–Crippen MR) is 97.7 cm³/mol. The summed E-state index contributed by atoms with van der Waals surface area (Å²) in [4.78, 5) is 53.2. The summed E-state index contributed by atoms with van der Waals surface area (Å²) in [5.74, 6) is -0.180. The van der Waals surface area contributed by atoms with Crippen LogP contribution in [0.4, 0.5) is 5.69 Å². The summed E-state index contributed by atoms with van der Waals surface area (Å²) in [6, 6.07) is 4.88. The van der Waals surface area contributed by atoms with Crippen molar-refractivity contribution in [1.82, 2.24) is 9.80 Å². The highest BCUT2D eigenvalue weighted by molar-refractivity contribution is 6.05. The third kappa shape index (κ3) is 3.79. The van der Waals surface area contributed by atoms with Gasteiger partial charge in [0.05, 0.1) is 5.69 Å². The largest absolute Gasteiger partial charge is 0.479 e. The number of Topliss-reactive ketones (excluding diaryl/α,β-unsaturated/α-hetero) is 1. The molecule has 1 aromatic rings. The molecule has 0 radical (unpaired) electrons. The highest BCUT2D eigenvalue weighted by atomic mass is 16.5. The van der Waals surface area contributed by atoms with Crippen LogP contribution in [0, 0.1) is 0 Å². The molecular formula is C19H23N3O5. The number of nitrogens with zero attached hydrogens (tertiary/aromatic N) is 3. The topological polar surface area (TPSA) is 87.2 Å². The number of hydrogen-bond donors (Lipinski definition) is 0. The van der Waals surface area contributed by atoms with Crippen LogP contribution in [0.5, 0.6) is 5.75 Å². The minimum atomic E-state index is -0.706. The summed E-state index contributed by atoms with van der Waals surface area (Å²) in [6.07, 6.45) is -0.706. The van der Waals surface area contributed by atoms with Crippen molar-refractivity contribution in [2.75, 3.05) is 37.6 Å². The van der Waals surface area contributed by atoms with Crippen LogP contribution in [-0.4, -0.2) is 72.1 Å². The van der Waals surface area contributed by atoms with Crippen LogP contribution < -0.4 is 9.64 Å². The molecule has 8 heteroatoms. The van der Waals surface area contributed by atoms with E-state index in [0.717, 1.165) is 0 Å². The van der Waals surface area contributed by atoms with Crippen LogP contribution in [0.1, 0.15) is 31.1 Å². The van der Waals surface area contributed by atoms with Crippen LogP contribution in [0.3, 0.4) is 0 Å². The Balaban J connectivity index is 1.79. The third-order valence-corrected chi connectivity index (χ3v) is 4.94. The molecular weight excluding hydrogens is 350 g/mol. The number of anilines is 1. The van der Waals surface area contributed by atoms with Crippen LogP contribution in [0.15, 0.2) is 18.2 Å². The molecule has 0 aliphatic carbocycles. The van der Waals surface area contributed by atoms with E-state index in [1.54, 1.807) is 34.9 Å². The van der Waals surface area contributed by atoms with Gasteiger partial charge < -0.3 is 14.5 Å². The lowest BCUT2D eigenvalue weighted by Gasteiger charge is -2.37. The van der Waals surface area contributed by atoms with Gasteiger partial charge in [0.2, 0.25) is 11.8 Å². The highest BCUT2D eigenvalue weighted by Crippen LogP contribution is 2.35. The van der Waals surface area contributed by atoms with Crippen molar-refractivity contribution in [2.45, 2.75) is 26.9 Å². The molecule has 144 valence electrons. The fourth-order valence-corrected chi connectivity index (χ4v) is 3.30. The van der Waals surface area contributed by atoms with Crippen LogP contribution in [-0.2, 0) is 14.4 Å². The molecule has 0 aromatic heterocycles. The summed E-state index contributed by atoms with van der Waals surface area (Å²) in [5, 5.41) is 0. The number of amides is 3. The van der Waals surface area contributed by atoms with Gasteiger partial charge in [0.1, 0.15) is 12.3 Å². The lowest BCUT2D eigenvalue weighted by Crippen LogP contribution is -2.54. The van der Waals surface area contributed by atoms with E-state index in [2.05, 4.69) is 0 Å². The Bertz CT molecular complexity index is 799. The molecule has 1 saturated heterocycles. The van der Waals surface area contributed by atoms with Crippen LogP contribution in [0.2, 0.25) is 0 Å². The maximum atomic E-state index is 12.7. The Kier molecular flexibility index (Phi) is 5.16. The molecule has 0 spiro atoms. The molecule has 3 rings (SSSR count).